The molecule has 0 fully saturated rings. The molecule has 1 aliphatic rings. The van der Waals surface area contributed by atoms with Crippen LogP contribution < -0.4 is 10.1 Å². The Balaban J connectivity index is 1.23. The minimum Gasteiger partial charge on any atom is -0.496 e. The fourth-order valence-corrected chi connectivity index (χ4v) is 4.33. The van der Waals surface area contributed by atoms with Gasteiger partial charge in [-0.15, -0.1) is 0 Å². The number of benzene rings is 3. The van der Waals surface area contributed by atoms with Crippen molar-refractivity contribution < 1.29 is 4.74 Å². The molecule has 0 amide bonds. The van der Waals surface area contributed by atoms with Crippen LogP contribution in [0.5, 0.6) is 5.75 Å². The molecule has 0 spiro atoms. The van der Waals surface area contributed by atoms with Gasteiger partial charge in [0.2, 0.25) is 0 Å². The van der Waals surface area contributed by atoms with E-state index >= 15 is 0 Å². The van der Waals surface area contributed by atoms with Gasteiger partial charge in [-0.25, -0.2) is 4.98 Å². The third kappa shape index (κ3) is 3.64. The number of fused-ring (bicyclic) bond motifs is 2. The van der Waals surface area contributed by atoms with Gasteiger partial charge in [-0.05, 0) is 65.3 Å². The molecule has 0 saturated heterocycles. The predicted octanol–water partition coefficient (Wildman–Crippen LogP) is 4.89. The molecule has 1 unspecified atom stereocenters. The van der Waals surface area contributed by atoms with Gasteiger partial charge < -0.3 is 15.0 Å². The number of hydrogen-bond donors (Lipinski definition) is 2. The van der Waals surface area contributed by atoms with Crippen LogP contribution in [0.2, 0.25) is 0 Å². The summed E-state index contributed by atoms with van der Waals surface area (Å²) in [7, 11) is 1.76. The Morgan fingerprint density at radius 3 is 2.79 bits per heavy atom. The van der Waals surface area contributed by atoms with Crippen LogP contribution in [0.1, 0.15) is 23.1 Å². The third-order valence-electron chi connectivity index (χ3n) is 5.96. The van der Waals surface area contributed by atoms with Crippen molar-refractivity contribution in [2.24, 2.45) is 0 Å². The van der Waals surface area contributed by atoms with Crippen molar-refractivity contribution in [2.75, 3.05) is 7.11 Å². The second-order valence-corrected chi connectivity index (χ2v) is 7.75. The summed E-state index contributed by atoms with van der Waals surface area (Å²) in [5, 5.41) is 3.74. The van der Waals surface area contributed by atoms with E-state index in [4.69, 9.17) is 4.74 Å². The van der Waals surface area contributed by atoms with Gasteiger partial charge in [-0.1, -0.05) is 42.5 Å². The standard InChI is InChI=1S/C25H25N3O/c1-29-25-4-2-3-20-13-21(10-11-22(20)25)26-15-17-5-7-18(8-6-17)19-9-12-23-24(14-19)28-16-27-23/h2-9,12,14,16,21,26H,10-11,13,15H2,1H3,(H,27,28). The first-order valence-corrected chi connectivity index (χ1v) is 10.2. The number of rotatable bonds is 5. The van der Waals surface area contributed by atoms with Gasteiger partial charge in [-0.2, -0.15) is 0 Å². The van der Waals surface area contributed by atoms with E-state index in [-0.39, 0.29) is 0 Å². The first-order chi connectivity index (χ1) is 14.3. The van der Waals surface area contributed by atoms with Gasteiger partial charge >= 0.3 is 0 Å². The number of imidazole rings is 1. The van der Waals surface area contributed by atoms with E-state index in [1.54, 1.807) is 13.4 Å². The van der Waals surface area contributed by atoms with Crippen molar-refractivity contribution in [3.63, 3.8) is 0 Å². The summed E-state index contributed by atoms with van der Waals surface area (Å²) in [5.41, 5.74) is 8.61. The topological polar surface area (TPSA) is 49.9 Å². The highest BCUT2D eigenvalue weighted by Crippen LogP contribution is 2.29. The second-order valence-electron chi connectivity index (χ2n) is 7.75. The number of H-pyrrole nitrogens is 1. The zero-order valence-electron chi connectivity index (χ0n) is 16.6. The van der Waals surface area contributed by atoms with Gasteiger partial charge in [0.15, 0.2) is 0 Å². The van der Waals surface area contributed by atoms with Crippen LogP contribution in [0.4, 0.5) is 0 Å². The molecule has 4 nitrogen and oxygen atoms in total. The average molecular weight is 383 g/mol. The van der Waals surface area contributed by atoms with Crippen molar-refractivity contribution >= 4 is 11.0 Å². The highest BCUT2D eigenvalue weighted by molar-refractivity contribution is 5.81. The van der Waals surface area contributed by atoms with Crippen molar-refractivity contribution in [3.8, 4) is 16.9 Å². The van der Waals surface area contributed by atoms with Crippen molar-refractivity contribution in [1.29, 1.82) is 0 Å². The summed E-state index contributed by atoms with van der Waals surface area (Å²) < 4.78 is 5.52. The van der Waals surface area contributed by atoms with E-state index in [0.717, 1.165) is 42.6 Å². The lowest BCUT2D eigenvalue weighted by Crippen LogP contribution is -2.34. The minimum atomic E-state index is 0.511. The number of hydrogen-bond acceptors (Lipinski definition) is 3. The quantitative estimate of drug-likeness (QED) is 0.516. The lowest BCUT2D eigenvalue weighted by molar-refractivity contribution is 0.397. The molecule has 1 atom stereocenters. The van der Waals surface area contributed by atoms with Gasteiger partial charge in [-0.3, -0.25) is 0 Å². The molecule has 1 aromatic heterocycles. The molecule has 146 valence electrons. The molecule has 0 radical (unpaired) electrons. The van der Waals surface area contributed by atoms with Gasteiger partial charge in [0, 0.05) is 12.6 Å². The lowest BCUT2D eigenvalue weighted by Gasteiger charge is -2.27. The van der Waals surface area contributed by atoms with Crippen LogP contribution in [0.3, 0.4) is 0 Å². The van der Waals surface area contributed by atoms with E-state index in [0.29, 0.717) is 6.04 Å². The van der Waals surface area contributed by atoms with Crippen LogP contribution in [-0.2, 0) is 19.4 Å². The van der Waals surface area contributed by atoms with Crippen LogP contribution in [0.25, 0.3) is 22.2 Å². The number of aromatic amines is 1. The Kier molecular flexibility index (Phi) is 4.78. The van der Waals surface area contributed by atoms with E-state index in [9.17, 15) is 0 Å². The highest BCUT2D eigenvalue weighted by atomic mass is 16.5. The molecule has 2 N–H and O–H groups in total. The number of methoxy groups -OCH3 is 1. The summed E-state index contributed by atoms with van der Waals surface area (Å²) in [4.78, 5) is 7.47. The molecule has 0 aliphatic heterocycles. The van der Waals surface area contributed by atoms with E-state index < -0.39 is 0 Å². The second kappa shape index (κ2) is 7.72. The SMILES string of the molecule is COc1cccc2c1CCC(NCc1ccc(-c3ccc4nc[nH]c4c3)cc1)C2. The first-order valence-electron chi connectivity index (χ1n) is 10.2. The van der Waals surface area contributed by atoms with Crippen LogP contribution >= 0.6 is 0 Å². The smallest absolute Gasteiger partial charge is 0.122 e. The zero-order valence-corrected chi connectivity index (χ0v) is 16.6. The van der Waals surface area contributed by atoms with E-state index in [1.165, 1.54) is 27.8 Å². The van der Waals surface area contributed by atoms with Gasteiger partial charge in [0.1, 0.15) is 5.75 Å². The molecule has 1 aliphatic carbocycles. The number of nitrogens with one attached hydrogen (secondary N) is 2. The Morgan fingerprint density at radius 2 is 1.93 bits per heavy atom. The maximum atomic E-state index is 5.52. The maximum absolute atomic E-state index is 5.52. The van der Waals surface area contributed by atoms with Crippen LogP contribution in [0.15, 0.2) is 67.0 Å². The molecular formula is C25H25N3O. The normalized spacial score (nSPS) is 16.0. The summed E-state index contributed by atoms with van der Waals surface area (Å²) in [6.45, 7) is 0.893. The molecule has 4 aromatic rings. The zero-order chi connectivity index (χ0) is 19.6. The fraction of sp³-hybridized carbons (Fsp3) is 0.240. The Labute approximate surface area is 171 Å². The molecular weight excluding hydrogens is 358 g/mol. The molecule has 1 heterocycles. The maximum Gasteiger partial charge on any atom is 0.122 e. The summed E-state index contributed by atoms with van der Waals surface area (Å²) in [6.07, 6.45) is 5.03. The predicted molar refractivity (Wildman–Crippen MR) is 117 cm³/mol. The van der Waals surface area contributed by atoms with E-state index in [2.05, 4.69) is 75.9 Å². The van der Waals surface area contributed by atoms with Gasteiger partial charge in [0.05, 0.1) is 24.5 Å². The molecule has 4 heteroatoms. The van der Waals surface area contributed by atoms with Crippen molar-refractivity contribution in [1.82, 2.24) is 15.3 Å². The molecule has 0 bridgehead atoms. The summed E-state index contributed by atoms with van der Waals surface area (Å²) >= 11 is 0. The van der Waals surface area contributed by atoms with Crippen molar-refractivity contribution in [3.05, 3.63) is 83.7 Å². The van der Waals surface area contributed by atoms with Crippen molar-refractivity contribution in [2.45, 2.75) is 31.8 Å². The number of ether oxygens (including phenoxy) is 1. The molecule has 5 rings (SSSR count). The summed E-state index contributed by atoms with van der Waals surface area (Å²) in [5.74, 6) is 1.03. The highest BCUT2D eigenvalue weighted by Gasteiger charge is 2.20. The first kappa shape index (κ1) is 18.0. The molecule has 0 saturated carbocycles. The summed E-state index contributed by atoms with van der Waals surface area (Å²) in [6, 6.07) is 22.1. The Bertz CT molecular complexity index is 1130. The largest absolute Gasteiger partial charge is 0.496 e. The molecule has 3 aromatic carbocycles. The monoisotopic (exact) mass is 383 g/mol. The Hall–Kier alpha value is -3.11. The lowest BCUT2D eigenvalue weighted by atomic mass is 9.87. The average Bonchev–Trinajstić information content (AvgIpc) is 3.25. The fourth-order valence-electron chi connectivity index (χ4n) is 4.33. The van der Waals surface area contributed by atoms with Gasteiger partial charge in [0.25, 0.3) is 0 Å². The Morgan fingerprint density at radius 1 is 1.07 bits per heavy atom. The molecule has 29 heavy (non-hydrogen) atoms. The number of nitrogens with zero attached hydrogens (tertiary/aromatic N) is 1. The van der Waals surface area contributed by atoms with E-state index in [1.807, 2.05) is 0 Å². The third-order valence-corrected chi connectivity index (χ3v) is 5.96. The minimum absolute atomic E-state index is 0.511. The van der Waals surface area contributed by atoms with Crippen LogP contribution in [-0.4, -0.2) is 23.1 Å². The number of aromatic nitrogens is 2. The van der Waals surface area contributed by atoms with Crippen LogP contribution in [0, 0.1) is 0 Å².